The van der Waals surface area contributed by atoms with E-state index in [9.17, 15) is 0 Å². The van der Waals surface area contributed by atoms with Gasteiger partial charge in [0, 0.05) is 11.5 Å². The number of rotatable bonds is 0. The molecule has 11 heavy (non-hydrogen) atoms. The van der Waals surface area contributed by atoms with Crippen LogP contribution in [0.3, 0.4) is 0 Å². The third-order valence-electron chi connectivity index (χ3n) is 1.68. The van der Waals surface area contributed by atoms with Gasteiger partial charge in [-0.2, -0.15) is 0 Å². The highest BCUT2D eigenvalue weighted by Gasteiger charge is 2.13. The van der Waals surface area contributed by atoms with Crippen LogP contribution in [0, 0.1) is 0 Å². The lowest BCUT2D eigenvalue weighted by Crippen LogP contribution is -2.31. The van der Waals surface area contributed by atoms with Crippen molar-refractivity contribution >= 4 is 27.3 Å². The van der Waals surface area contributed by atoms with E-state index >= 15 is 0 Å². The zero-order valence-corrected chi connectivity index (χ0v) is 7.64. The van der Waals surface area contributed by atoms with E-state index in [-0.39, 0.29) is 0 Å². The molecule has 0 spiro atoms. The summed E-state index contributed by atoms with van der Waals surface area (Å²) in [7, 11) is 1.96. The van der Waals surface area contributed by atoms with Crippen LogP contribution in [-0.2, 0) is 0 Å². The minimum atomic E-state index is 1.09. The van der Waals surface area contributed by atoms with Crippen LogP contribution < -0.4 is 16.0 Å². The third kappa shape index (κ3) is 1.08. The molecule has 3 nitrogen and oxygen atoms in total. The monoisotopic (exact) mass is 213 g/mol. The molecule has 0 aliphatic carbocycles. The van der Waals surface area contributed by atoms with Crippen molar-refractivity contribution in [2.45, 2.75) is 0 Å². The summed E-state index contributed by atoms with van der Waals surface area (Å²) in [4.78, 5) is 0. The van der Waals surface area contributed by atoms with Crippen LogP contribution in [-0.4, -0.2) is 7.05 Å². The lowest BCUT2D eigenvalue weighted by molar-refractivity contribution is 0.820. The van der Waals surface area contributed by atoms with Gasteiger partial charge < -0.3 is 5.43 Å². The number of hydrogen-bond donors (Lipinski definition) is 2. The van der Waals surface area contributed by atoms with Gasteiger partial charge in [-0.25, -0.2) is 0 Å². The van der Waals surface area contributed by atoms with E-state index in [0.29, 0.717) is 0 Å². The molecule has 1 heterocycles. The topological polar surface area (TPSA) is 27.3 Å². The number of fused-ring (bicyclic) bond motifs is 1. The van der Waals surface area contributed by atoms with Gasteiger partial charge in [-0.3, -0.25) is 5.01 Å². The van der Waals surface area contributed by atoms with Crippen molar-refractivity contribution in [1.29, 1.82) is 0 Å². The van der Waals surface area contributed by atoms with Gasteiger partial charge in [-0.15, -0.1) is 5.53 Å². The second-order valence-corrected chi connectivity index (χ2v) is 3.37. The summed E-state index contributed by atoms with van der Waals surface area (Å²) < 4.78 is 1.09. The van der Waals surface area contributed by atoms with E-state index in [1.807, 2.05) is 24.2 Å². The summed E-state index contributed by atoms with van der Waals surface area (Å²) in [6.45, 7) is 0. The molecule has 58 valence electrons. The molecular formula is C7H8BrN3. The van der Waals surface area contributed by atoms with Crippen molar-refractivity contribution in [1.82, 2.24) is 5.53 Å². The van der Waals surface area contributed by atoms with Crippen LogP contribution in [0.4, 0.5) is 11.4 Å². The SMILES string of the molecule is CN1NNc2ccc(Br)cc21. The molecule has 0 unspecified atom stereocenters. The van der Waals surface area contributed by atoms with Crippen molar-refractivity contribution in [3.8, 4) is 0 Å². The molecule has 0 saturated heterocycles. The first-order valence-corrected chi connectivity index (χ1v) is 4.11. The van der Waals surface area contributed by atoms with E-state index in [0.717, 1.165) is 15.8 Å². The number of anilines is 2. The first-order chi connectivity index (χ1) is 5.27. The van der Waals surface area contributed by atoms with Crippen LogP contribution in [0.2, 0.25) is 0 Å². The Kier molecular flexibility index (Phi) is 1.51. The molecule has 1 aliphatic heterocycles. The Morgan fingerprint density at radius 1 is 1.45 bits per heavy atom. The number of benzene rings is 1. The van der Waals surface area contributed by atoms with Gasteiger partial charge in [0.25, 0.3) is 0 Å². The number of hydrogen-bond acceptors (Lipinski definition) is 3. The lowest BCUT2D eigenvalue weighted by Gasteiger charge is -2.09. The van der Waals surface area contributed by atoms with Gasteiger partial charge >= 0.3 is 0 Å². The average molecular weight is 214 g/mol. The first kappa shape index (κ1) is 6.94. The molecule has 4 heteroatoms. The molecule has 0 radical (unpaired) electrons. The van der Waals surface area contributed by atoms with Crippen LogP contribution in [0.15, 0.2) is 22.7 Å². The highest BCUT2D eigenvalue weighted by Crippen LogP contribution is 2.30. The third-order valence-corrected chi connectivity index (χ3v) is 2.17. The Morgan fingerprint density at radius 3 is 3.09 bits per heavy atom. The zero-order valence-electron chi connectivity index (χ0n) is 6.06. The van der Waals surface area contributed by atoms with Gasteiger partial charge in [0.1, 0.15) is 0 Å². The van der Waals surface area contributed by atoms with Crippen LogP contribution in [0.1, 0.15) is 0 Å². The maximum absolute atomic E-state index is 3.41. The van der Waals surface area contributed by atoms with Crippen LogP contribution in [0.25, 0.3) is 0 Å². The molecule has 1 aliphatic rings. The fourth-order valence-electron chi connectivity index (χ4n) is 1.09. The molecule has 1 aromatic rings. The van der Waals surface area contributed by atoms with Gasteiger partial charge in [0.05, 0.1) is 11.4 Å². The van der Waals surface area contributed by atoms with Crippen LogP contribution in [0.5, 0.6) is 0 Å². The van der Waals surface area contributed by atoms with Gasteiger partial charge in [-0.1, -0.05) is 15.9 Å². The summed E-state index contributed by atoms with van der Waals surface area (Å²) >= 11 is 3.41. The van der Waals surface area contributed by atoms with E-state index in [1.165, 1.54) is 0 Å². The molecule has 0 bridgehead atoms. The predicted octanol–water partition coefficient (Wildman–Crippen LogP) is 1.73. The Hall–Kier alpha value is -0.740. The maximum Gasteiger partial charge on any atom is 0.0790 e. The van der Waals surface area contributed by atoms with E-state index < -0.39 is 0 Å². The molecule has 2 N–H and O–H groups in total. The predicted molar refractivity (Wildman–Crippen MR) is 49.3 cm³/mol. The number of halogens is 1. The molecule has 0 amide bonds. The maximum atomic E-state index is 3.41. The molecule has 0 saturated carbocycles. The van der Waals surface area contributed by atoms with Gasteiger partial charge in [0.2, 0.25) is 0 Å². The molecule has 0 fully saturated rings. The standard InChI is InChI=1S/C7H8BrN3/c1-11-7-4-5(8)2-3-6(7)9-10-11/h2-4,9-10H,1H3. The number of nitrogens with zero attached hydrogens (tertiary/aromatic N) is 1. The van der Waals surface area contributed by atoms with Crippen molar-refractivity contribution in [2.24, 2.45) is 0 Å². The minimum absolute atomic E-state index is 1.09. The fraction of sp³-hybridized carbons (Fsp3) is 0.143. The first-order valence-electron chi connectivity index (χ1n) is 3.32. The van der Waals surface area contributed by atoms with Gasteiger partial charge in [0.15, 0.2) is 0 Å². The molecular weight excluding hydrogens is 206 g/mol. The van der Waals surface area contributed by atoms with Crippen molar-refractivity contribution in [3.05, 3.63) is 22.7 Å². The normalized spacial score (nSPS) is 14.5. The minimum Gasteiger partial charge on any atom is -0.302 e. The number of nitrogens with one attached hydrogen (secondary N) is 2. The quantitative estimate of drug-likeness (QED) is 0.688. The zero-order chi connectivity index (χ0) is 7.84. The summed E-state index contributed by atoms with van der Waals surface area (Å²) in [6.07, 6.45) is 0. The van der Waals surface area contributed by atoms with E-state index in [4.69, 9.17) is 0 Å². The summed E-state index contributed by atoms with van der Waals surface area (Å²) in [5, 5.41) is 1.93. The van der Waals surface area contributed by atoms with Crippen LogP contribution >= 0.6 is 15.9 Å². The van der Waals surface area contributed by atoms with E-state index in [1.54, 1.807) is 0 Å². The second kappa shape index (κ2) is 2.39. The largest absolute Gasteiger partial charge is 0.302 e. The van der Waals surface area contributed by atoms with Crippen molar-refractivity contribution in [2.75, 3.05) is 17.5 Å². The second-order valence-electron chi connectivity index (χ2n) is 2.46. The highest BCUT2D eigenvalue weighted by molar-refractivity contribution is 9.10. The van der Waals surface area contributed by atoms with E-state index in [2.05, 4.69) is 33.0 Å². The smallest absolute Gasteiger partial charge is 0.0790 e. The summed E-state index contributed by atoms with van der Waals surface area (Å²) in [6, 6.07) is 6.09. The van der Waals surface area contributed by atoms with Gasteiger partial charge in [-0.05, 0) is 18.2 Å². The van der Waals surface area contributed by atoms with Crippen molar-refractivity contribution in [3.63, 3.8) is 0 Å². The summed E-state index contributed by atoms with van der Waals surface area (Å²) in [5.41, 5.74) is 8.27. The van der Waals surface area contributed by atoms with Crippen molar-refractivity contribution < 1.29 is 0 Å². The Labute approximate surface area is 73.5 Å². The average Bonchev–Trinajstić information content (AvgIpc) is 2.33. The molecule has 0 aromatic heterocycles. The molecule has 2 rings (SSSR count). The Morgan fingerprint density at radius 2 is 2.27 bits per heavy atom. The molecule has 0 atom stereocenters. The Bertz CT molecular complexity index is 287. The lowest BCUT2D eigenvalue weighted by atomic mass is 10.3. The summed E-state index contributed by atoms with van der Waals surface area (Å²) in [5.74, 6) is 0. The number of hydrazine groups is 2. The highest BCUT2D eigenvalue weighted by atomic mass is 79.9. The molecule has 1 aromatic carbocycles. The fourth-order valence-corrected chi connectivity index (χ4v) is 1.44. The Balaban J connectivity index is 2.52.